The van der Waals surface area contributed by atoms with Gasteiger partial charge in [-0.15, -0.1) is 3.89 Å². The van der Waals surface area contributed by atoms with E-state index in [1.54, 1.807) is 13.8 Å². The van der Waals surface area contributed by atoms with Gasteiger partial charge in [0.1, 0.15) is 5.25 Å². The molecule has 1 unspecified atom stereocenters. The van der Waals surface area contributed by atoms with Crippen LogP contribution in [0.4, 0.5) is 3.89 Å². The monoisotopic (exact) mass is 184 g/mol. The number of methoxy groups -OCH3 is 1. The van der Waals surface area contributed by atoms with E-state index < -0.39 is 15.5 Å². The van der Waals surface area contributed by atoms with E-state index in [9.17, 15) is 12.3 Å². The zero-order chi connectivity index (χ0) is 9.07. The highest BCUT2D eigenvalue weighted by molar-refractivity contribution is 7.87. The highest BCUT2D eigenvalue weighted by atomic mass is 32.3. The van der Waals surface area contributed by atoms with E-state index in [1.807, 2.05) is 0 Å². The Balaban J connectivity index is 4.36. The number of ether oxygens (including phenoxy) is 1. The molecule has 0 rings (SSSR count). The van der Waals surface area contributed by atoms with Crippen LogP contribution in [-0.4, -0.2) is 27.4 Å². The van der Waals surface area contributed by atoms with Crippen LogP contribution in [0.1, 0.15) is 13.8 Å². The van der Waals surface area contributed by atoms with Crippen LogP contribution in [0.25, 0.3) is 0 Å². The molecule has 0 aromatic rings. The van der Waals surface area contributed by atoms with Crippen molar-refractivity contribution >= 4 is 10.2 Å². The van der Waals surface area contributed by atoms with Gasteiger partial charge in [-0.1, -0.05) is 13.8 Å². The standard InChI is InChI=1S/C6H13FO3S/c1-5(2)6(4-10-3)11(7,8)9/h5-6H,4H2,1-3H3. The third kappa shape index (κ3) is 3.67. The lowest BCUT2D eigenvalue weighted by Gasteiger charge is -2.14. The fraction of sp³-hybridized carbons (Fsp3) is 1.00. The lowest BCUT2D eigenvalue weighted by Crippen LogP contribution is -2.28. The van der Waals surface area contributed by atoms with Crippen molar-refractivity contribution in [2.45, 2.75) is 19.1 Å². The maximum absolute atomic E-state index is 12.4. The number of hydrogen-bond donors (Lipinski definition) is 0. The van der Waals surface area contributed by atoms with Crippen molar-refractivity contribution in [2.24, 2.45) is 5.92 Å². The fourth-order valence-corrected chi connectivity index (χ4v) is 1.71. The van der Waals surface area contributed by atoms with Gasteiger partial charge in [0.25, 0.3) is 0 Å². The molecule has 68 valence electrons. The molecular weight excluding hydrogens is 171 g/mol. The second-order valence-corrected chi connectivity index (χ2v) is 4.27. The van der Waals surface area contributed by atoms with Crippen LogP contribution in [0.2, 0.25) is 0 Å². The van der Waals surface area contributed by atoms with Crippen LogP contribution in [0.5, 0.6) is 0 Å². The lowest BCUT2D eigenvalue weighted by atomic mass is 10.1. The molecule has 0 heterocycles. The molecule has 1 atom stereocenters. The van der Waals surface area contributed by atoms with Gasteiger partial charge in [-0.3, -0.25) is 0 Å². The van der Waals surface area contributed by atoms with Gasteiger partial charge in [0.15, 0.2) is 0 Å². The molecule has 0 aliphatic rings. The summed E-state index contributed by atoms with van der Waals surface area (Å²) in [6.07, 6.45) is 0. The Hall–Kier alpha value is -0.160. The van der Waals surface area contributed by atoms with E-state index in [2.05, 4.69) is 4.74 Å². The molecule has 5 heteroatoms. The average Bonchev–Trinajstić information content (AvgIpc) is 1.79. The molecule has 0 aliphatic carbocycles. The molecule has 11 heavy (non-hydrogen) atoms. The highest BCUT2D eigenvalue weighted by Gasteiger charge is 2.27. The Kier molecular flexibility index (Phi) is 3.96. The number of hydrogen-bond acceptors (Lipinski definition) is 3. The van der Waals surface area contributed by atoms with Crippen molar-refractivity contribution in [1.82, 2.24) is 0 Å². The maximum Gasteiger partial charge on any atom is 0.307 e. The lowest BCUT2D eigenvalue weighted by molar-refractivity contribution is 0.183. The first-order valence-electron chi connectivity index (χ1n) is 3.32. The highest BCUT2D eigenvalue weighted by Crippen LogP contribution is 2.13. The maximum atomic E-state index is 12.4. The summed E-state index contributed by atoms with van der Waals surface area (Å²) in [5, 5.41) is -1.03. The van der Waals surface area contributed by atoms with Crippen LogP contribution >= 0.6 is 0 Å². The second kappa shape index (κ2) is 4.01. The van der Waals surface area contributed by atoms with Gasteiger partial charge in [0, 0.05) is 7.11 Å². The Morgan fingerprint density at radius 1 is 1.45 bits per heavy atom. The van der Waals surface area contributed by atoms with Crippen molar-refractivity contribution in [3.05, 3.63) is 0 Å². The van der Waals surface area contributed by atoms with Crippen molar-refractivity contribution in [2.75, 3.05) is 13.7 Å². The van der Waals surface area contributed by atoms with E-state index in [4.69, 9.17) is 0 Å². The Bertz CT molecular complexity index is 198. The quantitative estimate of drug-likeness (QED) is 0.611. The summed E-state index contributed by atoms with van der Waals surface area (Å²) >= 11 is 0. The fourth-order valence-electron chi connectivity index (χ4n) is 0.763. The van der Waals surface area contributed by atoms with E-state index in [0.29, 0.717) is 0 Å². The summed E-state index contributed by atoms with van der Waals surface area (Å²) in [6.45, 7) is 3.19. The van der Waals surface area contributed by atoms with Gasteiger partial charge in [-0.25, -0.2) is 0 Å². The zero-order valence-corrected chi connectivity index (χ0v) is 7.69. The zero-order valence-electron chi connectivity index (χ0n) is 6.87. The summed E-state index contributed by atoms with van der Waals surface area (Å²) in [7, 11) is -3.10. The summed E-state index contributed by atoms with van der Waals surface area (Å²) in [4.78, 5) is 0. The molecule has 0 aromatic carbocycles. The van der Waals surface area contributed by atoms with Gasteiger partial charge < -0.3 is 4.74 Å². The molecule has 0 bridgehead atoms. The Labute approximate surface area is 66.8 Å². The minimum atomic E-state index is -4.45. The second-order valence-electron chi connectivity index (χ2n) is 2.71. The third-order valence-corrected chi connectivity index (χ3v) is 2.84. The molecule has 0 radical (unpaired) electrons. The largest absolute Gasteiger partial charge is 0.383 e. The first-order chi connectivity index (χ1) is 4.89. The van der Waals surface area contributed by atoms with Crippen molar-refractivity contribution in [3.63, 3.8) is 0 Å². The molecule has 0 amide bonds. The van der Waals surface area contributed by atoms with E-state index in [1.165, 1.54) is 7.11 Å². The molecule has 0 saturated heterocycles. The van der Waals surface area contributed by atoms with E-state index in [0.717, 1.165) is 0 Å². The predicted molar refractivity (Wildman–Crippen MR) is 40.5 cm³/mol. The van der Waals surface area contributed by atoms with Gasteiger partial charge in [0.05, 0.1) is 6.61 Å². The summed E-state index contributed by atoms with van der Waals surface area (Å²) < 4.78 is 37.8. The van der Waals surface area contributed by atoms with Crippen LogP contribution in [0.15, 0.2) is 0 Å². The first-order valence-corrected chi connectivity index (χ1v) is 4.76. The van der Waals surface area contributed by atoms with Gasteiger partial charge in [-0.2, -0.15) is 8.42 Å². The molecule has 0 aliphatic heterocycles. The van der Waals surface area contributed by atoms with Crippen molar-refractivity contribution in [1.29, 1.82) is 0 Å². The van der Waals surface area contributed by atoms with E-state index in [-0.39, 0.29) is 12.5 Å². The topological polar surface area (TPSA) is 43.4 Å². The Morgan fingerprint density at radius 2 is 1.91 bits per heavy atom. The third-order valence-electron chi connectivity index (χ3n) is 1.44. The first kappa shape index (κ1) is 10.8. The molecule has 3 nitrogen and oxygen atoms in total. The number of rotatable bonds is 4. The molecule has 0 aromatic heterocycles. The minimum Gasteiger partial charge on any atom is -0.383 e. The average molecular weight is 184 g/mol. The van der Waals surface area contributed by atoms with Crippen molar-refractivity contribution < 1.29 is 17.0 Å². The van der Waals surface area contributed by atoms with Gasteiger partial charge in [-0.05, 0) is 5.92 Å². The predicted octanol–water partition coefficient (Wildman–Crippen LogP) is 0.957. The molecule has 0 saturated carbocycles. The smallest absolute Gasteiger partial charge is 0.307 e. The minimum absolute atomic E-state index is 0.0868. The summed E-state index contributed by atoms with van der Waals surface area (Å²) in [5.41, 5.74) is 0. The number of halogens is 1. The summed E-state index contributed by atoms with van der Waals surface area (Å²) in [6, 6.07) is 0. The Morgan fingerprint density at radius 3 is 2.00 bits per heavy atom. The van der Waals surface area contributed by atoms with Crippen LogP contribution in [0, 0.1) is 5.92 Å². The van der Waals surface area contributed by atoms with Gasteiger partial charge in [0.2, 0.25) is 0 Å². The molecule has 0 fully saturated rings. The normalized spacial score (nSPS) is 15.4. The van der Waals surface area contributed by atoms with Crippen LogP contribution in [0.3, 0.4) is 0 Å². The SMILES string of the molecule is COCC(C(C)C)S(=O)(=O)F. The van der Waals surface area contributed by atoms with Crippen molar-refractivity contribution in [3.8, 4) is 0 Å². The molecule has 0 spiro atoms. The molecular formula is C6H13FO3S. The molecule has 0 N–H and O–H groups in total. The van der Waals surface area contributed by atoms with Crippen LogP contribution < -0.4 is 0 Å². The van der Waals surface area contributed by atoms with Gasteiger partial charge >= 0.3 is 10.2 Å². The van der Waals surface area contributed by atoms with E-state index >= 15 is 0 Å². The summed E-state index contributed by atoms with van der Waals surface area (Å²) in [5.74, 6) is -0.259. The van der Waals surface area contributed by atoms with Crippen LogP contribution in [-0.2, 0) is 15.0 Å².